The summed E-state index contributed by atoms with van der Waals surface area (Å²) in [5.41, 5.74) is 0. The van der Waals surface area contributed by atoms with Crippen LogP contribution in [0.15, 0.2) is 33.6 Å². The summed E-state index contributed by atoms with van der Waals surface area (Å²) in [6.45, 7) is 1.82. The minimum atomic E-state index is -3.38. The van der Waals surface area contributed by atoms with Crippen molar-refractivity contribution in [1.82, 2.24) is 4.31 Å². The number of hydrogen-bond donors (Lipinski definition) is 0. The Balaban J connectivity index is 1.64. The Kier molecular flexibility index (Phi) is 4.17. The number of ether oxygens (including phenoxy) is 1. The van der Waals surface area contributed by atoms with Crippen LogP contribution in [0.25, 0.3) is 0 Å². The van der Waals surface area contributed by atoms with Crippen LogP contribution in [0.2, 0.25) is 0 Å². The lowest BCUT2D eigenvalue weighted by atomic mass is 10.3. The molecule has 1 heterocycles. The maximum atomic E-state index is 12.5. The van der Waals surface area contributed by atoms with Crippen molar-refractivity contribution in [1.29, 1.82) is 0 Å². The van der Waals surface area contributed by atoms with Gasteiger partial charge in [-0.2, -0.15) is 4.31 Å². The van der Waals surface area contributed by atoms with Gasteiger partial charge in [-0.25, -0.2) is 8.42 Å². The van der Waals surface area contributed by atoms with Crippen molar-refractivity contribution < 1.29 is 13.2 Å². The summed E-state index contributed by atoms with van der Waals surface area (Å²) in [6.07, 6.45) is 3.37. The maximum Gasteiger partial charge on any atom is 0.243 e. The van der Waals surface area contributed by atoms with E-state index in [1.807, 2.05) is 0 Å². The van der Waals surface area contributed by atoms with Crippen LogP contribution in [-0.4, -0.2) is 38.5 Å². The Morgan fingerprint density at radius 3 is 2.55 bits per heavy atom. The predicted octanol–water partition coefficient (Wildman–Crippen LogP) is 2.64. The third kappa shape index (κ3) is 3.24. The third-order valence-corrected chi connectivity index (χ3v) is 6.23. The molecule has 6 heteroatoms. The van der Waals surface area contributed by atoms with Gasteiger partial charge in [-0.15, -0.1) is 0 Å². The summed E-state index contributed by atoms with van der Waals surface area (Å²) in [5.74, 6) is 0.715. The van der Waals surface area contributed by atoms with Gasteiger partial charge in [0.05, 0.1) is 11.0 Å². The van der Waals surface area contributed by atoms with Crippen molar-refractivity contribution in [2.45, 2.75) is 30.3 Å². The van der Waals surface area contributed by atoms with Gasteiger partial charge in [0.1, 0.15) is 0 Å². The number of halogens is 1. The largest absolute Gasteiger partial charge is 0.377 e. The SMILES string of the molecule is O=S(=O)(c1ccc(Br)cc1)N1CCC(OCC2CC2)C1. The fourth-order valence-corrected chi connectivity index (χ4v) is 4.12. The normalized spacial score (nSPS) is 24.1. The highest BCUT2D eigenvalue weighted by Crippen LogP contribution is 2.30. The van der Waals surface area contributed by atoms with E-state index < -0.39 is 10.0 Å². The molecule has 1 atom stereocenters. The zero-order valence-electron chi connectivity index (χ0n) is 11.2. The van der Waals surface area contributed by atoms with E-state index in [9.17, 15) is 8.42 Å². The van der Waals surface area contributed by atoms with E-state index in [1.165, 1.54) is 17.1 Å². The molecule has 3 rings (SSSR count). The molecule has 0 bridgehead atoms. The fourth-order valence-electron chi connectivity index (χ4n) is 2.36. The van der Waals surface area contributed by atoms with Crippen LogP contribution < -0.4 is 0 Å². The highest BCUT2D eigenvalue weighted by atomic mass is 79.9. The molecule has 1 unspecified atom stereocenters. The smallest absolute Gasteiger partial charge is 0.243 e. The monoisotopic (exact) mass is 359 g/mol. The van der Waals surface area contributed by atoms with E-state index in [2.05, 4.69) is 15.9 Å². The summed E-state index contributed by atoms with van der Waals surface area (Å²) in [6, 6.07) is 6.78. The molecule has 2 aliphatic rings. The van der Waals surface area contributed by atoms with Crippen LogP contribution in [0, 0.1) is 5.92 Å². The first kappa shape index (κ1) is 14.5. The van der Waals surface area contributed by atoms with Crippen LogP contribution in [-0.2, 0) is 14.8 Å². The van der Waals surface area contributed by atoms with Crippen LogP contribution in [0.5, 0.6) is 0 Å². The average molecular weight is 360 g/mol. The third-order valence-electron chi connectivity index (χ3n) is 3.82. The Labute approximate surface area is 128 Å². The van der Waals surface area contributed by atoms with Gasteiger partial charge in [-0.3, -0.25) is 0 Å². The first-order valence-electron chi connectivity index (χ1n) is 6.93. The van der Waals surface area contributed by atoms with Crippen LogP contribution in [0.1, 0.15) is 19.3 Å². The zero-order chi connectivity index (χ0) is 14.2. The van der Waals surface area contributed by atoms with Crippen molar-refractivity contribution in [3.05, 3.63) is 28.7 Å². The number of sulfonamides is 1. The number of hydrogen-bond acceptors (Lipinski definition) is 3. The van der Waals surface area contributed by atoms with Gasteiger partial charge in [0.15, 0.2) is 0 Å². The standard InChI is InChI=1S/C14H18BrNO3S/c15-12-3-5-14(6-4-12)20(17,18)16-8-7-13(9-16)19-10-11-1-2-11/h3-6,11,13H,1-2,7-10H2. The van der Waals surface area contributed by atoms with E-state index in [0.29, 0.717) is 23.9 Å². The van der Waals surface area contributed by atoms with Crippen LogP contribution in [0.3, 0.4) is 0 Å². The van der Waals surface area contributed by atoms with Gasteiger partial charge in [0.2, 0.25) is 10.0 Å². The fraction of sp³-hybridized carbons (Fsp3) is 0.571. The highest BCUT2D eigenvalue weighted by molar-refractivity contribution is 9.10. The Morgan fingerprint density at radius 2 is 1.90 bits per heavy atom. The molecule has 0 spiro atoms. The van der Waals surface area contributed by atoms with Crippen molar-refractivity contribution in [2.75, 3.05) is 19.7 Å². The van der Waals surface area contributed by atoms with E-state index in [4.69, 9.17) is 4.74 Å². The molecule has 110 valence electrons. The Hall–Kier alpha value is -0.430. The lowest BCUT2D eigenvalue weighted by molar-refractivity contribution is 0.0561. The van der Waals surface area contributed by atoms with Gasteiger partial charge in [-0.1, -0.05) is 15.9 Å². The van der Waals surface area contributed by atoms with Crippen molar-refractivity contribution in [3.8, 4) is 0 Å². The first-order valence-corrected chi connectivity index (χ1v) is 9.16. The van der Waals surface area contributed by atoms with Crippen LogP contribution >= 0.6 is 15.9 Å². The summed E-state index contributed by atoms with van der Waals surface area (Å²) in [5, 5.41) is 0. The number of benzene rings is 1. The van der Waals surface area contributed by atoms with Crippen LogP contribution in [0.4, 0.5) is 0 Å². The molecule has 2 fully saturated rings. The molecular weight excluding hydrogens is 342 g/mol. The summed E-state index contributed by atoms with van der Waals surface area (Å²) in [4.78, 5) is 0.351. The Morgan fingerprint density at radius 1 is 1.20 bits per heavy atom. The van der Waals surface area contributed by atoms with Gasteiger partial charge in [0.25, 0.3) is 0 Å². The second-order valence-corrected chi connectivity index (χ2v) is 8.36. The molecular formula is C14H18BrNO3S. The highest BCUT2D eigenvalue weighted by Gasteiger charge is 2.34. The van der Waals surface area contributed by atoms with Gasteiger partial charge >= 0.3 is 0 Å². The average Bonchev–Trinajstić information content (AvgIpc) is 3.13. The van der Waals surface area contributed by atoms with Gasteiger partial charge in [-0.05, 0) is 49.4 Å². The molecule has 1 aliphatic carbocycles. The molecule has 0 amide bonds. The van der Waals surface area contributed by atoms with Crippen molar-refractivity contribution >= 4 is 26.0 Å². The molecule has 1 aromatic carbocycles. The second kappa shape index (κ2) is 5.75. The quantitative estimate of drug-likeness (QED) is 0.811. The topological polar surface area (TPSA) is 46.6 Å². The molecule has 0 aromatic heterocycles. The molecule has 1 aromatic rings. The zero-order valence-corrected chi connectivity index (χ0v) is 13.6. The number of rotatable bonds is 5. The molecule has 0 N–H and O–H groups in total. The molecule has 1 saturated carbocycles. The summed E-state index contributed by atoms with van der Waals surface area (Å²) < 4.78 is 33.2. The van der Waals surface area contributed by atoms with E-state index in [0.717, 1.165) is 17.5 Å². The lowest BCUT2D eigenvalue weighted by Gasteiger charge is -2.17. The van der Waals surface area contributed by atoms with E-state index >= 15 is 0 Å². The molecule has 1 saturated heterocycles. The minimum Gasteiger partial charge on any atom is -0.377 e. The second-order valence-electron chi connectivity index (χ2n) is 5.50. The molecule has 20 heavy (non-hydrogen) atoms. The predicted molar refractivity (Wildman–Crippen MR) is 80.0 cm³/mol. The summed E-state index contributed by atoms with van der Waals surface area (Å²) >= 11 is 3.32. The Bertz CT molecular complexity index is 569. The van der Waals surface area contributed by atoms with Crippen molar-refractivity contribution in [2.24, 2.45) is 5.92 Å². The van der Waals surface area contributed by atoms with Crippen molar-refractivity contribution in [3.63, 3.8) is 0 Å². The lowest BCUT2D eigenvalue weighted by Crippen LogP contribution is -2.30. The maximum absolute atomic E-state index is 12.5. The molecule has 4 nitrogen and oxygen atoms in total. The van der Waals surface area contributed by atoms with Gasteiger partial charge in [0, 0.05) is 24.2 Å². The number of nitrogens with zero attached hydrogens (tertiary/aromatic N) is 1. The molecule has 0 radical (unpaired) electrons. The van der Waals surface area contributed by atoms with E-state index in [-0.39, 0.29) is 6.10 Å². The van der Waals surface area contributed by atoms with Gasteiger partial charge < -0.3 is 4.74 Å². The summed E-state index contributed by atoms with van der Waals surface area (Å²) in [7, 11) is -3.38. The minimum absolute atomic E-state index is 0.0563. The molecule has 1 aliphatic heterocycles. The first-order chi connectivity index (χ1) is 9.55. The van der Waals surface area contributed by atoms with E-state index in [1.54, 1.807) is 24.3 Å².